The largest absolute Gasteiger partial charge is 0.493 e. The van der Waals surface area contributed by atoms with E-state index in [1.165, 1.54) is 18.4 Å². The van der Waals surface area contributed by atoms with Crippen molar-refractivity contribution in [3.05, 3.63) is 45.6 Å². The third-order valence-corrected chi connectivity index (χ3v) is 4.31. The SMILES string of the molecule is COc1c(Cl)cccc1NC(=O)N[C@H](CCO)c1cccs1. The Hall–Kier alpha value is -1.76. The molecule has 1 heterocycles. The Bertz CT molecular complexity index is 619. The van der Waals surface area contributed by atoms with E-state index in [9.17, 15) is 4.79 Å². The highest BCUT2D eigenvalue weighted by Gasteiger charge is 2.16. The predicted molar refractivity (Wildman–Crippen MR) is 88.9 cm³/mol. The molecule has 22 heavy (non-hydrogen) atoms. The molecule has 1 aromatic heterocycles. The molecule has 7 heteroatoms. The molecule has 0 fully saturated rings. The first-order chi connectivity index (χ1) is 10.7. The minimum atomic E-state index is -0.382. The third-order valence-electron chi connectivity index (χ3n) is 3.03. The van der Waals surface area contributed by atoms with Gasteiger partial charge in [-0.25, -0.2) is 4.79 Å². The number of methoxy groups -OCH3 is 1. The Kier molecular flexibility index (Phi) is 6.06. The van der Waals surface area contributed by atoms with Crippen molar-refractivity contribution in [1.29, 1.82) is 0 Å². The molecule has 0 unspecified atom stereocenters. The van der Waals surface area contributed by atoms with E-state index >= 15 is 0 Å². The molecule has 2 aromatic rings. The van der Waals surface area contributed by atoms with E-state index in [-0.39, 0.29) is 18.7 Å². The molecule has 0 bridgehead atoms. The number of carbonyl (C=O) groups is 1. The van der Waals surface area contributed by atoms with Crippen molar-refractivity contribution in [2.24, 2.45) is 0 Å². The van der Waals surface area contributed by atoms with Crippen LogP contribution in [0.5, 0.6) is 5.75 Å². The van der Waals surface area contributed by atoms with Crippen LogP contribution in [0.3, 0.4) is 0 Å². The molecule has 0 spiro atoms. The van der Waals surface area contributed by atoms with Crippen molar-refractivity contribution in [2.75, 3.05) is 19.0 Å². The molecule has 2 rings (SSSR count). The molecule has 2 amide bonds. The van der Waals surface area contributed by atoms with Crippen LogP contribution in [-0.2, 0) is 0 Å². The predicted octanol–water partition coefficient (Wildman–Crippen LogP) is 3.66. The fourth-order valence-corrected chi connectivity index (χ4v) is 3.10. The molecule has 3 N–H and O–H groups in total. The zero-order valence-corrected chi connectivity index (χ0v) is 13.6. The highest BCUT2D eigenvalue weighted by atomic mass is 35.5. The Labute approximate surface area is 137 Å². The topological polar surface area (TPSA) is 70.6 Å². The second-order valence-corrected chi connectivity index (χ2v) is 5.89. The Balaban J connectivity index is 2.07. The lowest BCUT2D eigenvalue weighted by molar-refractivity contribution is 0.239. The summed E-state index contributed by atoms with van der Waals surface area (Å²) in [5.41, 5.74) is 0.487. The average molecular weight is 341 g/mol. The van der Waals surface area contributed by atoms with Crippen molar-refractivity contribution in [3.63, 3.8) is 0 Å². The summed E-state index contributed by atoms with van der Waals surface area (Å²) in [5.74, 6) is 0.411. The minimum absolute atomic E-state index is 0.0106. The number of aliphatic hydroxyl groups is 1. The van der Waals surface area contributed by atoms with Crippen LogP contribution in [0.4, 0.5) is 10.5 Å². The van der Waals surface area contributed by atoms with E-state index in [2.05, 4.69) is 10.6 Å². The number of amides is 2. The molecule has 0 saturated carbocycles. The standard InChI is InChI=1S/C15H17ClN2O3S/c1-21-14-10(16)4-2-5-12(14)18-15(20)17-11(7-8-19)13-6-3-9-22-13/h2-6,9,11,19H,7-8H2,1H3,(H2,17,18,20)/t11-/m1/s1. The van der Waals surface area contributed by atoms with Gasteiger partial charge in [0.2, 0.25) is 0 Å². The van der Waals surface area contributed by atoms with Gasteiger partial charge in [0, 0.05) is 11.5 Å². The minimum Gasteiger partial charge on any atom is -0.493 e. The number of aliphatic hydroxyl groups excluding tert-OH is 1. The second kappa shape index (κ2) is 8.03. The average Bonchev–Trinajstić information content (AvgIpc) is 3.01. The van der Waals surface area contributed by atoms with Gasteiger partial charge in [-0.05, 0) is 30.0 Å². The number of ether oxygens (including phenoxy) is 1. The molecular formula is C15H17ClN2O3S. The highest BCUT2D eigenvalue weighted by molar-refractivity contribution is 7.10. The van der Waals surface area contributed by atoms with Crippen LogP contribution in [-0.4, -0.2) is 24.9 Å². The molecule has 0 aliphatic heterocycles. The maximum Gasteiger partial charge on any atom is 0.319 e. The smallest absolute Gasteiger partial charge is 0.319 e. The zero-order valence-electron chi connectivity index (χ0n) is 12.0. The van der Waals surface area contributed by atoms with Gasteiger partial charge in [0.05, 0.1) is 23.9 Å². The number of benzene rings is 1. The maximum atomic E-state index is 12.2. The number of nitrogens with one attached hydrogen (secondary N) is 2. The van der Waals surface area contributed by atoms with Crippen LogP contribution in [0.1, 0.15) is 17.3 Å². The monoisotopic (exact) mass is 340 g/mol. The number of thiophene rings is 1. The molecule has 0 aliphatic carbocycles. The lowest BCUT2D eigenvalue weighted by atomic mass is 10.2. The first kappa shape index (κ1) is 16.6. The van der Waals surface area contributed by atoms with Crippen molar-refractivity contribution in [1.82, 2.24) is 5.32 Å². The van der Waals surface area contributed by atoms with Crippen LogP contribution in [0, 0.1) is 0 Å². The summed E-state index contributed by atoms with van der Waals surface area (Å²) in [6.07, 6.45) is 0.445. The van der Waals surface area contributed by atoms with E-state index < -0.39 is 0 Å². The van der Waals surface area contributed by atoms with Crippen molar-refractivity contribution >= 4 is 34.7 Å². The molecule has 0 aliphatic rings. The van der Waals surface area contributed by atoms with E-state index in [4.69, 9.17) is 21.4 Å². The second-order valence-electron chi connectivity index (χ2n) is 4.50. The molecule has 0 saturated heterocycles. The van der Waals surface area contributed by atoms with Gasteiger partial charge in [-0.15, -0.1) is 11.3 Å². The number of halogens is 1. The Morgan fingerprint density at radius 2 is 2.23 bits per heavy atom. The highest BCUT2D eigenvalue weighted by Crippen LogP contribution is 2.32. The zero-order chi connectivity index (χ0) is 15.9. The van der Waals surface area contributed by atoms with Gasteiger partial charge < -0.3 is 20.5 Å². The van der Waals surface area contributed by atoms with Crippen LogP contribution < -0.4 is 15.4 Å². The van der Waals surface area contributed by atoms with E-state index in [0.29, 0.717) is 22.9 Å². The first-order valence-corrected chi connectivity index (χ1v) is 7.95. The summed E-state index contributed by atoms with van der Waals surface area (Å²) in [6, 6.07) is 8.32. The third kappa shape index (κ3) is 4.13. The number of rotatable bonds is 6. The summed E-state index contributed by atoms with van der Waals surface area (Å²) in [7, 11) is 1.49. The molecule has 0 radical (unpaired) electrons. The van der Waals surface area contributed by atoms with Gasteiger partial charge in [0.25, 0.3) is 0 Å². The van der Waals surface area contributed by atoms with Crippen molar-refractivity contribution in [2.45, 2.75) is 12.5 Å². The summed E-state index contributed by atoms with van der Waals surface area (Å²) in [5, 5.41) is 17.1. The lowest BCUT2D eigenvalue weighted by Crippen LogP contribution is -2.32. The van der Waals surface area contributed by atoms with Crippen LogP contribution in [0.15, 0.2) is 35.7 Å². The Morgan fingerprint density at radius 3 is 2.86 bits per heavy atom. The summed E-state index contributed by atoms with van der Waals surface area (Å²) in [4.78, 5) is 13.2. The summed E-state index contributed by atoms with van der Waals surface area (Å²) < 4.78 is 5.19. The van der Waals surface area contributed by atoms with Gasteiger partial charge in [-0.3, -0.25) is 0 Å². The summed E-state index contributed by atoms with van der Waals surface area (Å²) in [6.45, 7) is -0.0106. The maximum absolute atomic E-state index is 12.2. The van der Waals surface area contributed by atoms with Crippen LogP contribution in [0.25, 0.3) is 0 Å². The van der Waals surface area contributed by atoms with E-state index in [1.54, 1.807) is 18.2 Å². The van der Waals surface area contributed by atoms with Crippen LogP contribution >= 0.6 is 22.9 Å². The molecular weight excluding hydrogens is 324 g/mol. The number of para-hydroxylation sites is 1. The van der Waals surface area contributed by atoms with Gasteiger partial charge in [-0.2, -0.15) is 0 Å². The van der Waals surface area contributed by atoms with E-state index in [0.717, 1.165) is 4.88 Å². The summed E-state index contributed by atoms with van der Waals surface area (Å²) >= 11 is 7.55. The van der Waals surface area contributed by atoms with Crippen molar-refractivity contribution in [3.8, 4) is 5.75 Å². The fraction of sp³-hybridized carbons (Fsp3) is 0.267. The number of carbonyl (C=O) groups excluding carboxylic acids is 1. The number of urea groups is 1. The van der Waals surface area contributed by atoms with Crippen LogP contribution in [0.2, 0.25) is 5.02 Å². The molecule has 5 nitrogen and oxygen atoms in total. The number of hydrogen-bond acceptors (Lipinski definition) is 4. The number of anilines is 1. The van der Waals surface area contributed by atoms with E-state index in [1.807, 2.05) is 17.5 Å². The number of hydrogen-bond donors (Lipinski definition) is 3. The van der Waals surface area contributed by atoms with Gasteiger partial charge in [-0.1, -0.05) is 23.7 Å². The van der Waals surface area contributed by atoms with Gasteiger partial charge in [0.15, 0.2) is 5.75 Å². The normalized spacial score (nSPS) is 11.8. The molecule has 1 atom stereocenters. The molecule has 1 aromatic carbocycles. The lowest BCUT2D eigenvalue weighted by Gasteiger charge is -2.18. The van der Waals surface area contributed by atoms with Gasteiger partial charge in [0.1, 0.15) is 0 Å². The quantitative estimate of drug-likeness (QED) is 0.751. The van der Waals surface area contributed by atoms with Gasteiger partial charge >= 0.3 is 6.03 Å². The van der Waals surface area contributed by atoms with Crippen molar-refractivity contribution < 1.29 is 14.6 Å². The first-order valence-electron chi connectivity index (χ1n) is 6.70. The Morgan fingerprint density at radius 1 is 1.41 bits per heavy atom. The molecule has 118 valence electrons. The fourth-order valence-electron chi connectivity index (χ4n) is 2.04.